The van der Waals surface area contributed by atoms with E-state index in [1.807, 2.05) is 24.4 Å². The molecule has 3 heteroatoms. The molecule has 0 aromatic carbocycles. The van der Waals surface area contributed by atoms with Crippen molar-refractivity contribution in [2.45, 2.75) is 26.3 Å². The van der Waals surface area contributed by atoms with Crippen LogP contribution in [-0.2, 0) is 0 Å². The largest absolute Gasteiger partial charge is 0.329 e. The molecule has 0 aliphatic carbocycles. The Hall–Kier alpha value is -0.930. The van der Waals surface area contributed by atoms with Gasteiger partial charge in [0.25, 0.3) is 0 Å². The second-order valence-corrected chi connectivity index (χ2v) is 4.67. The highest BCUT2D eigenvalue weighted by atomic mass is 15.1. The highest BCUT2D eigenvalue weighted by molar-refractivity contribution is 5.09. The maximum Gasteiger partial charge on any atom is 0.0642 e. The Morgan fingerprint density at radius 1 is 1.38 bits per heavy atom. The zero-order valence-corrected chi connectivity index (χ0v) is 10.6. The van der Waals surface area contributed by atoms with Crippen LogP contribution in [0, 0.1) is 5.92 Å². The summed E-state index contributed by atoms with van der Waals surface area (Å²) in [6, 6.07) is 6.23. The van der Waals surface area contributed by atoms with Crippen molar-refractivity contribution in [2.24, 2.45) is 11.7 Å². The number of pyridine rings is 1. The lowest BCUT2D eigenvalue weighted by Gasteiger charge is -2.27. The third-order valence-electron chi connectivity index (χ3n) is 2.84. The lowest BCUT2D eigenvalue weighted by Crippen LogP contribution is -2.32. The van der Waals surface area contributed by atoms with Gasteiger partial charge in [0.2, 0.25) is 0 Å². The van der Waals surface area contributed by atoms with Crippen LogP contribution in [0.1, 0.15) is 32.0 Å². The van der Waals surface area contributed by atoms with Crippen molar-refractivity contribution in [3.63, 3.8) is 0 Å². The molecule has 1 aromatic heterocycles. The first kappa shape index (κ1) is 13.1. The van der Waals surface area contributed by atoms with Crippen molar-refractivity contribution in [2.75, 3.05) is 20.1 Å². The van der Waals surface area contributed by atoms with Crippen LogP contribution in [-0.4, -0.2) is 30.0 Å². The van der Waals surface area contributed by atoms with Crippen molar-refractivity contribution in [1.29, 1.82) is 0 Å². The fourth-order valence-corrected chi connectivity index (χ4v) is 1.72. The summed E-state index contributed by atoms with van der Waals surface area (Å²) in [7, 11) is 2.12. The number of aromatic nitrogens is 1. The van der Waals surface area contributed by atoms with Crippen LogP contribution in [0.3, 0.4) is 0 Å². The third kappa shape index (κ3) is 3.91. The van der Waals surface area contributed by atoms with Crippen molar-refractivity contribution in [3.05, 3.63) is 30.1 Å². The Balaban J connectivity index is 2.60. The van der Waals surface area contributed by atoms with E-state index in [1.165, 1.54) is 6.42 Å². The molecule has 0 amide bonds. The molecule has 0 fully saturated rings. The molecule has 3 nitrogen and oxygen atoms in total. The van der Waals surface area contributed by atoms with Gasteiger partial charge in [0.15, 0.2) is 0 Å². The van der Waals surface area contributed by atoms with E-state index in [4.69, 9.17) is 5.73 Å². The Labute approximate surface area is 98.7 Å². The molecule has 0 radical (unpaired) electrons. The summed E-state index contributed by atoms with van der Waals surface area (Å²) in [4.78, 5) is 6.67. The minimum atomic E-state index is 0.236. The normalized spacial score (nSPS) is 13.4. The van der Waals surface area contributed by atoms with E-state index in [1.54, 1.807) is 0 Å². The Morgan fingerprint density at radius 3 is 2.62 bits per heavy atom. The molecule has 2 N–H and O–H groups in total. The standard InChI is InChI=1S/C13H23N3/c1-11(2)7-9-16(3)13(10-14)12-6-4-5-8-15-12/h4-6,8,11,13H,7,9-10,14H2,1-3H3. The number of hydrogen-bond acceptors (Lipinski definition) is 3. The maximum absolute atomic E-state index is 5.83. The fourth-order valence-electron chi connectivity index (χ4n) is 1.72. The van der Waals surface area contributed by atoms with Gasteiger partial charge in [-0.1, -0.05) is 19.9 Å². The second-order valence-electron chi connectivity index (χ2n) is 4.67. The van der Waals surface area contributed by atoms with Gasteiger partial charge >= 0.3 is 0 Å². The third-order valence-corrected chi connectivity index (χ3v) is 2.84. The zero-order valence-electron chi connectivity index (χ0n) is 10.6. The number of likely N-dealkylation sites (N-methyl/N-ethyl adjacent to an activating group) is 1. The molecule has 1 rings (SSSR count). The van der Waals surface area contributed by atoms with Crippen molar-refractivity contribution in [3.8, 4) is 0 Å². The maximum atomic E-state index is 5.83. The van der Waals surface area contributed by atoms with Crippen LogP contribution >= 0.6 is 0 Å². The summed E-state index contributed by atoms with van der Waals surface area (Å²) in [6.07, 6.45) is 3.02. The van der Waals surface area contributed by atoms with Crippen LogP contribution in [0.5, 0.6) is 0 Å². The second kappa shape index (κ2) is 6.61. The molecule has 1 aromatic rings. The first-order chi connectivity index (χ1) is 7.65. The van der Waals surface area contributed by atoms with Crippen molar-refractivity contribution < 1.29 is 0 Å². The summed E-state index contributed by atoms with van der Waals surface area (Å²) in [5.41, 5.74) is 6.90. The fraction of sp³-hybridized carbons (Fsp3) is 0.615. The van der Waals surface area contributed by atoms with E-state index in [9.17, 15) is 0 Å². The number of hydrogen-bond donors (Lipinski definition) is 1. The first-order valence-corrected chi connectivity index (χ1v) is 5.96. The average molecular weight is 221 g/mol. The highest BCUT2D eigenvalue weighted by Crippen LogP contribution is 2.16. The lowest BCUT2D eigenvalue weighted by molar-refractivity contribution is 0.232. The van der Waals surface area contributed by atoms with Gasteiger partial charge in [-0.2, -0.15) is 0 Å². The molecular weight excluding hydrogens is 198 g/mol. The number of rotatable bonds is 6. The molecule has 0 spiro atoms. The molecule has 1 unspecified atom stereocenters. The van der Waals surface area contributed by atoms with Gasteiger partial charge in [-0.15, -0.1) is 0 Å². The van der Waals surface area contributed by atoms with Gasteiger partial charge in [0, 0.05) is 12.7 Å². The summed E-state index contributed by atoms with van der Waals surface area (Å²) < 4.78 is 0. The smallest absolute Gasteiger partial charge is 0.0642 e. The van der Waals surface area contributed by atoms with Crippen LogP contribution < -0.4 is 5.73 Å². The van der Waals surface area contributed by atoms with Crippen LogP contribution in [0.4, 0.5) is 0 Å². The molecule has 0 saturated heterocycles. The molecule has 0 aliphatic heterocycles. The predicted octanol–water partition coefficient (Wildman–Crippen LogP) is 2.06. The van der Waals surface area contributed by atoms with Gasteiger partial charge in [-0.3, -0.25) is 9.88 Å². The topological polar surface area (TPSA) is 42.1 Å². The van der Waals surface area contributed by atoms with Crippen LogP contribution in [0.15, 0.2) is 24.4 Å². The summed E-state index contributed by atoms with van der Waals surface area (Å²) >= 11 is 0. The van der Waals surface area contributed by atoms with E-state index in [0.29, 0.717) is 6.54 Å². The molecule has 1 atom stereocenters. The zero-order chi connectivity index (χ0) is 12.0. The van der Waals surface area contributed by atoms with Gasteiger partial charge in [-0.25, -0.2) is 0 Å². The van der Waals surface area contributed by atoms with Gasteiger partial charge < -0.3 is 5.73 Å². The van der Waals surface area contributed by atoms with Gasteiger partial charge in [0.05, 0.1) is 11.7 Å². The quantitative estimate of drug-likeness (QED) is 0.799. The van der Waals surface area contributed by atoms with Crippen molar-refractivity contribution >= 4 is 0 Å². The minimum Gasteiger partial charge on any atom is -0.329 e. The molecule has 0 saturated carbocycles. The van der Waals surface area contributed by atoms with Crippen molar-refractivity contribution in [1.82, 2.24) is 9.88 Å². The summed E-state index contributed by atoms with van der Waals surface area (Å²) in [5.74, 6) is 0.726. The summed E-state index contributed by atoms with van der Waals surface area (Å²) in [5, 5.41) is 0. The first-order valence-electron chi connectivity index (χ1n) is 5.96. The Bertz CT molecular complexity index is 284. The van der Waals surface area contributed by atoms with E-state index in [2.05, 4.69) is 30.8 Å². The van der Waals surface area contributed by atoms with E-state index in [-0.39, 0.29) is 6.04 Å². The van der Waals surface area contributed by atoms with Gasteiger partial charge in [0.1, 0.15) is 0 Å². The molecule has 0 bridgehead atoms. The SMILES string of the molecule is CC(C)CCN(C)C(CN)c1ccccn1. The number of nitrogens with two attached hydrogens (primary N) is 1. The van der Waals surface area contributed by atoms with Crippen LogP contribution in [0.25, 0.3) is 0 Å². The van der Waals surface area contributed by atoms with E-state index < -0.39 is 0 Å². The van der Waals surface area contributed by atoms with E-state index >= 15 is 0 Å². The summed E-state index contributed by atoms with van der Waals surface area (Å²) in [6.45, 7) is 6.17. The molecular formula is C13H23N3. The molecule has 90 valence electrons. The average Bonchev–Trinajstić information content (AvgIpc) is 2.29. The van der Waals surface area contributed by atoms with Crippen LogP contribution in [0.2, 0.25) is 0 Å². The van der Waals surface area contributed by atoms with E-state index in [0.717, 1.165) is 18.2 Å². The Morgan fingerprint density at radius 2 is 2.12 bits per heavy atom. The Kier molecular flexibility index (Phi) is 5.43. The minimum absolute atomic E-state index is 0.236. The molecule has 0 aliphatic rings. The lowest BCUT2D eigenvalue weighted by atomic mass is 10.1. The number of nitrogens with zero attached hydrogens (tertiary/aromatic N) is 2. The highest BCUT2D eigenvalue weighted by Gasteiger charge is 2.16. The molecule has 16 heavy (non-hydrogen) atoms. The molecule has 1 heterocycles. The monoisotopic (exact) mass is 221 g/mol. The van der Waals surface area contributed by atoms with Gasteiger partial charge in [-0.05, 0) is 38.1 Å². The predicted molar refractivity (Wildman–Crippen MR) is 68.1 cm³/mol.